The molecule has 0 heterocycles. The van der Waals surface area contributed by atoms with Crippen LogP contribution in [0.15, 0.2) is 113 Å². The zero-order chi connectivity index (χ0) is 23.5. The van der Waals surface area contributed by atoms with Crippen LogP contribution < -0.4 is 0 Å². The van der Waals surface area contributed by atoms with Crippen LogP contribution in [0.4, 0.5) is 0 Å². The number of allylic oxidation sites excluding steroid dienone is 12. The molecule has 4 aliphatic rings. The minimum atomic E-state index is 0.0885. The minimum Gasteiger partial charge on any atom is -0.0807 e. The number of unbranched alkanes of at least 4 members (excludes halogenated alkanes) is 1. The predicted octanol–water partition coefficient (Wildman–Crippen LogP) is 8.90. The van der Waals surface area contributed by atoms with Gasteiger partial charge in [-0.05, 0) is 69.4 Å². The summed E-state index contributed by atoms with van der Waals surface area (Å²) in [7, 11) is 0. The van der Waals surface area contributed by atoms with Crippen LogP contribution in [0, 0.1) is 0 Å². The minimum absolute atomic E-state index is 0.0885. The highest BCUT2D eigenvalue weighted by atomic mass is 14.4. The van der Waals surface area contributed by atoms with Gasteiger partial charge in [-0.3, -0.25) is 0 Å². The molecule has 4 aliphatic carbocycles. The monoisotopic (exact) mass is 442 g/mol. The molecule has 0 spiro atoms. The fourth-order valence-corrected chi connectivity index (χ4v) is 6.58. The molecular formula is C34H34. The summed E-state index contributed by atoms with van der Waals surface area (Å²) in [6.07, 6.45) is 20.2. The van der Waals surface area contributed by atoms with Gasteiger partial charge in [0.15, 0.2) is 0 Å². The van der Waals surface area contributed by atoms with E-state index in [0.717, 1.165) is 19.3 Å². The average molecular weight is 443 g/mol. The number of hydrogen-bond donors (Lipinski definition) is 0. The van der Waals surface area contributed by atoms with Crippen molar-refractivity contribution in [3.05, 3.63) is 136 Å². The second-order valence-corrected chi connectivity index (χ2v) is 11.3. The Balaban J connectivity index is 1.17. The zero-order valence-electron chi connectivity index (χ0n) is 20.9. The summed E-state index contributed by atoms with van der Waals surface area (Å²) in [6, 6.07) is 17.9. The molecule has 34 heavy (non-hydrogen) atoms. The lowest BCUT2D eigenvalue weighted by Gasteiger charge is -2.25. The molecule has 2 aromatic rings. The van der Waals surface area contributed by atoms with Crippen molar-refractivity contribution in [2.24, 2.45) is 0 Å². The molecule has 6 rings (SSSR count). The zero-order valence-corrected chi connectivity index (χ0v) is 20.9. The van der Waals surface area contributed by atoms with Crippen molar-refractivity contribution < 1.29 is 0 Å². The first-order valence-electron chi connectivity index (χ1n) is 12.8. The highest BCUT2D eigenvalue weighted by molar-refractivity contribution is 5.91. The van der Waals surface area contributed by atoms with Gasteiger partial charge in [-0.2, -0.15) is 0 Å². The Labute approximate surface area is 204 Å². The van der Waals surface area contributed by atoms with Crippen molar-refractivity contribution in [1.82, 2.24) is 0 Å². The average Bonchev–Trinajstić information content (AvgIpc) is 3.22. The van der Waals surface area contributed by atoms with Crippen molar-refractivity contribution >= 4 is 5.57 Å². The molecule has 0 amide bonds. The van der Waals surface area contributed by atoms with Gasteiger partial charge in [-0.25, -0.2) is 0 Å². The van der Waals surface area contributed by atoms with Crippen molar-refractivity contribution in [3.63, 3.8) is 0 Å². The maximum Gasteiger partial charge on any atom is 0.0246 e. The van der Waals surface area contributed by atoms with Gasteiger partial charge in [0.25, 0.3) is 0 Å². The number of rotatable bonds is 3. The van der Waals surface area contributed by atoms with Crippen LogP contribution in [-0.4, -0.2) is 0 Å². The summed E-state index contributed by atoms with van der Waals surface area (Å²) in [4.78, 5) is 0. The van der Waals surface area contributed by atoms with Crippen LogP contribution in [-0.2, 0) is 10.8 Å². The molecule has 1 unspecified atom stereocenters. The molecule has 0 radical (unpaired) electrons. The summed E-state index contributed by atoms with van der Waals surface area (Å²) in [5.74, 6) is 0.444. The standard InChI is InChI=1S/C34H34/c1-33(2)29-15-9-7-13-25(29)27-19-17-23(21-31(27)33)11-5-6-12-24-18-20-28-26-14-8-10-16-30(26)34(3,4)32(28)22-24/h7-17,19-22,27H,5-6,18H2,1-4H3/b23-11+,24-12-. The van der Waals surface area contributed by atoms with Crippen LogP contribution in [0.25, 0.3) is 5.57 Å². The van der Waals surface area contributed by atoms with Gasteiger partial charge in [0.1, 0.15) is 0 Å². The van der Waals surface area contributed by atoms with E-state index in [1.54, 1.807) is 5.57 Å². The largest absolute Gasteiger partial charge is 0.0807 e. The van der Waals surface area contributed by atoms with Gasteiger partial charge >= 0.3 is 0 Å². The van der Waals surface area contributed by atoms with E-state index in [4.69, 9.17) is 0 Å². The van der Waals surface area contributed by atoms with Crippen molar-refractivity contribution in [3.8, 4) is 0 Å². The van der Waals surface area contributed by atoms with Gasteiger partial charge in [0.2, 0.25) is 0 Å². The molecular weight excluding hydrogens is 408 g/mol. The predicted molar refractivity (Wildman–Crippen MR) is 145 cm³/mol. The molecule has 0 aliphatic heterocycles. The second-order valence-electron chi connectivity index (χ2n) is 11.3. The Morgan fingerprint density at radius 3 is 2.41 bits per heavy atom. The van der Waals surface area contributed by atoms with Gasteiger partial charge in [-0.15, -0.1) is 0 Å². The molecule has 170 valence electrons. The van der Waals surface area contributed by atoms with E-state index in [9.17, 15) is 0 Å². The Kier molecular flexibility index (Phi) is 4.85. The molecule has 0 bridgehead atoms. The molecule has 0 nitrogen and oxygen atoms in total. The molecule has 0 saturated heterocycles. The molecule has 0 saturated carbocycles. The summed E-state index contributed by atoms with van der Waals surface area (Å²) in [5.41, 5.74) is 13.4. The highest BCUT2D eigenvalue weighted by Crippen LogP contribution is 2.53. The SMILES string of the molecule is CC1(C)C2=C/C(=C\CC/C=C3\C=CC4C(=C3)C(C)(C)c3ccccc34)CC=C2c2ccccc21. The maximum atomic E-state index is 2.47. The third-order valence-electron chi connectivity index (χ3n) is 8.51. The number of fused-ring (bicyclic) bond motifs is 6. The third-order valence-corrected chi connectivity index (χ3v) is 8.51. The Morgan fingerprint density at radius 1 is 0.824 bits per heavy atom. The highest BCUT2D eigenvalue weighted by Gasteiger charge is 2.41. The van der Waals surface area contributed by atoms with Gasteiger partial charge in [-0.1, -0.05) is 119 Å². The summed E-state index contributed by atoms with van der Waals surface area (Å²) < 4.78 is 0. The fourth-order valence-electron chi connectivity index (χ4n) is 6.58. The maximum absolute atomic E-state index is 2.47. The summed E-state index contributed by atoms with van der Waals surface area (Å²) in [5, 5.41) is 0. The third kappa shape index (κ3) is 3.19. The lowest BCUT2D eigenvalue weighted by atomic mass is 9.78. The molecule has 2 aromatic carbocycles. The van der Waals surface area contributed by atoms with Crippen LogP contribution in [0.2, 0.25) is 0 Å². The van der Waals surface area contributed by atoms with Crippen LogP contribution in [0.1, 0.15) is 75.1 Å². The Bertz CT molecular complexity index is 1360. The van der Waals surface area contributed by atoms with E-state index in [1.165, 1.54) is 44.5 Å². The smallest absolute Gasteiger partial charge is 0.0246 e. The van der Waals surface area contributed by atoms with Crippen molar-refractivity contribution in [1.29, 1.82) is 0 Å². The summed E-state index contributed by atoms with van der Waals surface area (Å²) >= 11 is 0. The number of hydrogen-bond acceptors (Lipinski definition) is 0. The number of benzene rings is 2. The van der Waals surface area contributed by atoms with E-state index >= 15 is 0 Å². The van der Waals surface area contributed by atoms with Crippen LogP contribution in [0.3, 0.4) is 0 Å². The normalized spacial score (nSPS) is 25.3. The van der Waals surface area contributed by atoms with Crippen LogP contribution in [0.5, 0.6) is 0 Å². The molecule has 0 heteroatoms. The lowest BCUT2D eigenvalue weighted by molar-refractivity contribution is 0.632. The quantitative estimate of drug-likeness (QED) is 0.416. The van der Waals surface area contributed by atoms with Crippen molar-refractivity contribution in [2.75, 3.05) is 0 Å². The topological polar surface area (TPSA) is 0 Å². The molecule has 0 fully saturated rings. The van der Waals surface area contributed by atoms with E-state index in [2.05, 4.69) is 119 Å². The van der Waals surface area contributed by atoms with Gasteiger partial charge in [0.05, 0.1) is 0 Å². The van der Waals surface area contributed by atoms with E-state index in [0.29, 0.717) is 5.92 Å². The second kappa shape index (κ2) is 7.70. The van der Waals surface area contributed by atoms with Gasteiger partial charge < -0.3 is 0 Å². The first-order valence-corrected chi connectivity index (χ1v) is 12.8. The van der Waals surface area contributed by atoms with E-state index < -0.39 is 0 Å². The lowest BCUT2D eigenvalue weighted by Crippen LogP contribution is -2.17. The molecule has 0 N–H and O–H groups in total. The first kappa shape index (κ1) is 21.4. The Morgan fingerprint density at radius 2 is 1.56 bits per heavy atom. The van der Waals surface area contributed by atoms with Crippen molar-refractivity contribution in [2.45, 2.75) is 63.7 Å². The van der Waals surface area contributed by atoms with Gasteiger partial charge in [0, 0.05) is 16.7 Å². The molecule has 0 aromatic heterocycles. The summed E-state index contributed by atoms with van der Waals surface area (Å²) in [6.45, 7) is 9.48. The van der Waals surface area contributed by atoms with E-state index in [-0.39, 0.29) is 10.8 Å². The Hall–Kier alpha value is -3.12. The van der Waals surface area contributed by atoms with E-state index in [1.807, 2.05) is 0 Å². The first-order chi connectivity index (χ1) is 16.4. The van der Waals surface area contributed by atoms with Crippen LogP contribution >= 0.6 is 0 Å². The fraction of sp³-hybridized carbons (Fsp3) is 0.294. The molecule has 1 atom stereocenters.